The van der Waals surface area contributed by atoms with Crippen LogP contribution in [0.1, 0.15) is 15.9 Å². The van der Waals surface area contributed by atoms with E-state index in [9.17, 15) is 19.7 Å². The van der Waals surface area contributed by atoms with E-state index in [0.29, 0.717) is 11.1 Å². The maximum atomic E-state index is 10.6. The van der Waals surface area contributed by atoms with Crippen LogP contribution in [0.25, 0.3) is 10.8 Å². The molecule has 144 valence electrons. The normalized spacial score (nSPS) is 11.2. The van der Waals surface area contributed by atoms with Crippen molar-refractivity contribution in [3.63, 3.8) is 0 Å². The van der Waals surface area contributed by atoms with E-state index < -0.39 is 22.9 Å². The average Bonchev–Trinajstić information content (AvgIpc) is 2.68. The SMILES string of the molecule is NC(Cc1ccc([N+](=O)[O-])cc1)C(=O)O.O=C(O)c1ccc2ccccc2c1. The Labute approximate surface area is 160 Å². The van der Waals surface area contributed by atoms with E-state index in [-0.39, 0.29) is 12.1 Å². The third-order valence-corrected chi connectivity index (χ3v) is 3.92. The Bertz CT molecular complexity index is 1000. The lowest BCUT2D eigenvalue weighted by Crippen LogP contribution is -2.32. The van der Waals surface area contributed by atoms with Crippen LogP contribution in [-0.4, -0.2) is 33.1 Å². The Morgan fingerprint density at radius 1 is 0.964 bits per heavy atom. The predicted molar refractivity (Wildman–Crippen MR) is 103 cm³/mol. The third kappa shape index (κ3) is 5.61. The molecule has 0 radical (unpaired) electrons. The molecule has 0 aliphatic heterocycles. The fourth-order valence-corrected chi connectivity index (χ4v) is 2.42. The van der Waals surface area contributed by atoms with Gasteiger partial charge in [0.15, 0.2) is 0 Å². The molecule has 0 saturated carbocycles. The number of nitro groups is 1. The minimum Gasteiger partial charge on any atom is -0.480 e. The van der Waals surface area contributed by atoms with Gasteiger partial charge >= 0.3 is 11.9 Å². The largest absolute Gasteiger partial charge is 0.480 e. The fourth-order valence-electron chi connectivity index (χ4n) is 2.42. The number of benzene rings is 3. The van der Waals surface area contributed by atoms with Crippen LogP contribution < -0.4 is 5.73 Å². The number of hydrogen-bond acceptors (Lipinski definition) is 5. The van der Waals surface area contributed by atoms with Gasteiger partial charge in [0, 0.05) is 12.1 Å². The Balaban J connectivity index is 0.000000202. The zero-order valence-electron chi connectivity index (χ0n) is 14.7. The predicted octanol–water partition coefficient (Wildman–Crippen LogP) is 3.09. The van der Waals surface area contributed by atoms with Crippen LogP contribution in [0.3, 0.4) is 0 Å². The standard InChI is InChI=1S/C11H8O2.C9H10N2O4/c12-11(13)10-6-5-8-3-1-2-4-9(8)7-10;10-8(9(12)13)5-6-1-3-7(4-2-6)11(14)15/h1-7H,(H,12,13);1-4,8H,5,10H2,(H,12,13). The van der Waals surface area contributed by atoms with Gasteiger partial charge in [0.25, 0.3) is 5.69 Å². The molecule has 8 heteroatoms. The molecule has 0 bridgehead atoms. The second-order valence-corrected chi connectivity index (χ2v) is 5.94. The molecular formula is C20H18N2O6. The summed E-state index contributed by atoms with van der Waals surface area (Å²) in [4.78, 5) is 30.9. The second kappa shape index (κ2) is 9.24. The molecule has 1 unspecified atom stereocenters. The quantitative estimate of drug-likeness (QED) is 0.454. The first kappa shape index (κ1) is 20.5. The van der Waals surface area contributed by atoms with Crippen molar-refractivity contribution in [2.24, 2.45) is 5.73 Å². The number of carbonyl (C=O) groups is 2. The van der Waals surface area contributed by atoms with Crippen molar-refractivity contribution in [2.45, 2.75) is 12.5 Å². The highest BCUT2D eigenvalue weighted by Gasteiger charge is 2.12. The van der Waals surface area contributed by atoms with E-state index in [1.54, 1.807) is 12.1 Å². The first-order valence-corrected chi connectivity index (χ1v) is 8.21. The number of aromatic carboxylic acids is 1. The highest BCUT2D eigenvalue weighted by molar-refractivity contribution is 5.94. The Kier molecular flexibility index (Phi) is 6.78. The zero-order valence-corrected chi connectivity index (χ0v) is 14.7. The van der Waals surface area contributed by atoms with E-state index in [2.05, 4.69) is 0 Å². The highest BCUT2D eigenvalue weighted by Crippen LogP contribution is 2.15. The van der Waals surface area contributed by atoms with Crippen LogP contribution in [0.15, 0.2) is 66.7 Å². The first-order chi connectivity index (χ1) is 13.3. The molecule has 3 aromatic carbocycles. The summed E-state index contributed by atoms with van der Waals surface area (Å²) in [5.74, 6) is -1.97. The molecule has 0 aliphatic rings. The maximum absolute atomic E-state index is 10.6. The summed E-state index contributed by atoms with van der Waals surface area (Å²) in [7, 11) is 0. The highest BCUT2D eigenvalue weighted by atomic mass is 16.6. The number of non-ortho nitro benzene ring substituents is 1. The van der Waals surface area contributed by atoms with Gasteiger partial charge in [-0.3, -0.25) is 14.9 Å². The van der Waals surface area contributed by atoms with Crippen molar-refractivity contribution >= 4 is 28.4 Å². The summed E-state index contributed by atoms with van der Waals surface area (Å²) in [6.07, 6.45) is 0.160. The van der Waals surface area contributed by atoms with Gasteiger partial charge in [-0.2, -0.15) is 0 Å². The molecule has 0 fully saturated rings. The van der Waals surface area contributed by atoms with Crippen molar-refractivity contribution in [3.8, 4) is 0 Å². The van der Waals surface area contributed by atoms with Crippen molar-refractivity contribution in [3.05, 3.63) is 88.0 Å². The molecule has 0 aliphatic carbocycles. The van der Waals surface area contributed by atoms with Gasteiger partial charge in [-0.15, -0.1) is 0 Å². The van der Waals surface area contributed by atoms with Gasteiger partial charge < -0.3 is 15.9 Å². The van der Waals surface area contributed by atoms with E-state index in [1.807, 2.05) is 30.3 Å². The average molecular weight is 382 g/mol. The molecule has 0 saturated heterocycles. The van der Waals surface area contributed by atoms with Crippen LogP contribution >= 0.6 is 0 Å². The topological polar surface area (TPSA) is 144 Å². The van der Waals surface area contributed by atoms with Gasteiger partial charge in [0.2, 0.25) is 0 Å². The fraction of sp³-hybridized carbons (Fsp3) is 0.100. The lowest BCUT2D eigenvalue weighted by atomic mass is 10.1. The number of fused-ring (bicyclic) bond motifs is 1. The van der Waals surface area contributed by atoms with Gasteiger partial charge in [-0.1, -0.05) is 42.5 Å². The molecule has 0 amide bonds. The summed E-state index contributed by atoms with van der Waals surface area (Å²) in [5, 5.41) is 29.6. The Hall–Kier alpha value is -3.78. The minimum atomic E-state index is -1.09. The van der Waals surface area contributed by atoms with E-state index in [1.165, 1.54) is 24.3 Å². The molecular weight excluding hydrogens is 364 g/mol. The lowest BCUT2D eigenvalue weighted by Gasteiger charge is -2.05. The zero-order chi connectivity index (χ0) is 20.7. The number of hydrogen-bond donors (Lipinski definition) is 3. The number of nitro benzene ring substituents is 1. The first-order valence-electron chi connectivity index (χ1n) is 8.21. The van der Waals surface area contributed by atoms with Crippen molar-refractivity contribution in [2.75, 3.05) is 0 Å². The smallest absolute Gasteiger partial charge is 0.335 e. The molecule has 28 heavy (non-hydrogen) atoms. The van der Waals surface area contributed by atoms with E-state index in [0.717, 1.165) is 10.8 Å². The number of carboxylic acids is 2. The van der Waals surface area contributed by atoms with Crippen LogP contribution in [0, 0.1) is 10.1 Å². The molecule has 4 N–H and O–H groups in total. The third-order valence-electron chi connectivity index (χ3n) is 3.92. The summed E-state index contributed by atoms with van der Waals surface area (Å²) < 4.78 is 0. The second-order valence-electron chi connectivity index (χ2n) is 5.94. The molecule has 8 nitrogen and oxygen atoms in total. The Morgan fingerprint density at radius 3 is 2.11 bits per heavy atom. The number of carboxylic acid groups (broad SMARTS) is 2. The number of rotatable bonds is 5. The lowest BCUT2D eigenvalue weighted by molar-refractivity contribution is -0.384. The van der Waals surface area contributed by atoms with Crippen LogP contribution in [0.4, 0.5) is 5.69 Å². The van der Waals surface area contributed by atoms with E-state index >= 15 is 0 Å². The minimum absolute atomic E-state index is 0.0253. The van der Waals surface area contributed by atoms with Crippen LogP contribution in [0.2, 0.25) is 0 Å². The monoisotopic (exact) mass is 382 g/mol. The van der Waals surface area contributed by atoms with E-state index in [4.69, 9.17) is 15.9 Å². The number of nitrogens with two attached hydrogens (primary N) is 1. The van der Waals surface area contributed by atoms with Crippen LogP contribution in [-0.2, 0) is 11.2 Å². The maximum Gasteiger partial charge on any atom is 0.335 e. The number of nitrogens with zero attached hydrogens (tertiary/aromatic N) is 1. The molecule has 0 aromatic heterocycles. The summed E-state index contributed by atoms with van der Waals surface area (Å²) in [5.41, 5.74) is 6.28. The molecule has 3 rings (SSSR count). The summed E-state index contributed by atoms with van der Waals surface area (Å²) in [6, 6.07) is 17.5. The molecule has 0 heterocycles. The van der Waals surface area contributed by atoms with Crippen molar-refractivity contribution in [1.29, 1.82) is 0 Å². The van der Waals surface area contributed by atoms with Gasteiger partial charge in [-0.05, 0) is 34.9 Å². The van der Waals surface area contributed by atoms with Crippen molar-refractivity contribution in [1.82, 2.24) is 0 Å². The van der Waals surface area contributed by atoms with Crippen LogP contribution in [0.5, 0.6) is 0 Å². The summed E-state index contributed by atoms with van der Waals surface area (Å²) in [6.45, 7) is 0. The van der Waals surface area contributed by atoms with Gasteiger partial charge in [0.1, 0.15) is 6.04 Å². The Morgan fingerprint density at radius 2 is 1.57 bits per heavy atom. The number of aliphatic carboxylic acids is 1. The van der Waals surface area contributed by atoms with Gasteiger partial charge in [0.05, 0.1) is 10.5 Å². The van der Waals surface area contributed by atoms with Gasteiger partial charge in [-0.25, -0.2) is 4.79 Å². The molecule has 1 atom stereocenters. The summed E-state index contributed by atoms with van der Waals surface area (Å²) >= 11 is 0. The van der Waals surface area contributed by atoms with Crippen molar-refractivity contribution < 1.29 is 24.7 Å². The molecule has 3 aromatic rings. The molecule has 0 spiro atoms.